The summed E-state index contributed by atoms with van der Waals surface area (Å²) in [7, 11) is 0. The van der Waals surface area contributed by atoms with Crippen LogP contribution in [0, 0.1) is 5.82 Å². The van der Waals surface area contributed by atoms with E-state index in [1.54, 1.807) is 30.3 Å². The van der Waals surface area contributed by atoms with Crippen LogP contribution in [0.15, 0.2) is 36.4 Å². The summed E-state index contributed by atoms with van der Waals surface area (Å²) in [5, 5.41) is 4.08. The monoisotopic (exact) mass is 303 g/mol. The molecule has 0 radical (unpaired) electrons. The van der Waals surface area contributed by atoms with Gasteiger partial charge >= 0.3 is 0 Å². The second kappa shape index (κ2) is 5.79. The average molecular weight is 305 g/mol. The molecule has 0 saturated heterocycles. The maximum absolute atomic E-state index is 13.7. The number of hydrogen-bond donors (Lipinski definition) is 1. The Bertz CT molecular complexity index is 552. The van der Waals surface area contributed by atoms with Crippen molar-refractivity contribution in [3.63, 3.8) is 0 Å². The van der Waals surface area contributed by atoms with Gasteiger partial charge in [0, 0.05) is 12.1 Å². The molecule has 1 nitrogen and oxygen atoms in total. The van der Waals surface area contributed by atoms with Crippen LogP contribution in [0.25, 0.3) is 0 Å². The van der Waals surface area contributed by atoms with Crippen LogP contribution in [0.3, 0.4) is 0 Å². The lowest BCUT2D eigenvalue weighted by Gasteiger charge is -2.11. The molecule has 0 fully saturated rings. The molecule has 2 aromatic carbocycles. The highest BCUT2D eigenvalue weighted by molar-refractivity contribution is 6.39. The molecule has 0 aliphatic carbocycles. The Hall–Kier alpha value is -0.960. The lowest BCUT2D eigenvalue weighted by Crippen LogP contribution is -2.03. The van der Waals surface area contributed by atoms with Crippen molar-refractivity contribution >= 4 is 40.5 Å². The minimum absolute atomic E-state index is 0.0968. The average Bonchev–Trinajstić information content (AvgIpc) is 2.33. The predicted octanol–water partition coefficient (Wildman–Crippen LogP) is 5.40. The Morgan fingerprint density at radius 1 is 0.889 bits per heavy atom. The van der Waals surface area contributed by atoms with Crippen molar-refractivity contribution < 1.29 is 4.39 Å². The smallest absolute Gasteiger partial charge is 0.146 e. The number of halogens is 4. The van der Waals surface area contributed by atoms with Crippen LogP contribution in [0.2, 0.25) is 15.1 Å². The molecule has 0 aliphatic heterocycles. The molecule has 0 unspecified atom stereocenters. The van der Waals surface area contributed by atoms with Gasteiger partial charge in [-0.3, -0.25) is 0 Å². The number of nitrogens with one attached hydrogen (secondary N) is 1. The van der Waals surface area contributed by atoms with Gasteiger partial charge in [-0.05, 0) is 18.2 Å². The van der Waals surface area contributed by atoms with Crippen LogP contribution in [0.1, 0.15) is 5.56 Å². The van der Waals surface area contributed by atoms with Gasteiger partial charge in [0.15, 0.2) is 0 Å². The summed E-state index contributed by atoms with van der Waals surface area (Å²) in [4.78, 5) is 0. The Morgan fingerprint density at radius 3 is 2.11 bits per heavy atom. The number of para-hydroxylation sites is 1. The van der Waals surface area contributed by atoms with Crippen molar-refractivity contribution in [1.82, 2.24) is 0 Å². The number of benzene rings is 2. The molecule has 0 amide bonds. The first-order chi connectivity index (χ1) is 8.59. The van der Waals surface area contributed by atoms with Gasteiger partial charge in [0.1, 0.15) is 5.82 Å². The first-order valence-electron chi connectivity index (χ1n) is 5.20. The van der Waals surface area contributed by atoms with E-state index in [0.29, 0.717) is 21.3 Å². The van der Waals surface area contributed by atoms with Crippen molar-refractivity contribution in [2.24, 2.45) is 0 Å². The van der Waals surface area contributed by atoms with E-state index in [1.165, 1.54) is 6.07 Å². The number of anilines is 1. The van der Waals surface area contributed by atoms with Gasteiger partial charge in [0.2, 0.25) is 0 Å². The lowest BCUT2D eigenvalue weighted by atomic mass is 10.2. The molecule has 0 bridgehead atoms. The maximum atomic E-state index is 13.7. The Labute approximate surface area is 119 Å². The molecule has 0 aliphatic rings. The van der Waals surface area contributed by atoms with Crippen LogP contribution >= 0.6 is 34.8 Å². The predicted molar refractivity (Wildman–Crippen MR) is 75.2 cm³/mol. The zero-order chi connectivity index (χ0) is 13.1. The van der Waals surface area contributed by atoms with Crippen LogP contribution in [0.4, 0.5) is 10.1 Å². The second-order valence-corrected chi connectivity index (χ2v) is 4.88. The fraction of sp³-hybridized carbons (Fsp3) is 0.0769. The maximum Gasteiger partial charge on any atom is 0.146 e. The molecule has 94 valence electrons. The first kappa shape index (κ1) is 13.5. The summed E-state index contributed by atoms with van der Waals surface area (Å²) < 4.78 is 13.7. The quantitative estimate of drug-likeness (QED) is 0.800. The molecule has 0 atom stereocenters. The fourth-order valence-electron chi connectivity index (χ4n) is 1.54. The molecule has 0 saturated carbocycles. The van der Waals surface area contributed by atoms with Gasteiger partial charge in [-0.1, -0.05) is 53.0 Å². The van der Waals surface area contributed by atoms with Crippen molar-refractivity contribution in [3.05, 3.63) is 62.8 Å². The number of hydrogen-bond acceptors (Lipinski definition) is 1. The highest BCUT2D eigenvalue weighted by Gasteiger charge is 2.08. The van der Waals surface area contributed by atoms with Crippen LogP contribution < -0.4 is 5.32 Å². The summed E-state index contributed by atoms with van der Waals surface area (Å²) in [5.74, 6) is -0.435. The summed E-state index contributed by atoms with van der Waals surface area (Å²) in [6.45, 7) is 0.260. The van der Waals surface area contributed by atoms with Gasteiger partial charge in [-0.15, -0.1) is 0 Å². The highest BCUT2D eigenvalue weighted by atomic mass is 35.5. The molecule has 2 rings (SSSR count). The Balaban J connectivity index is 2.19. The Morgan fingerprint density at radius 2 is 1.44 bits per heavy atom. The largest absolute Gasteiger partial charge is 0.378 e. The molecule has 0 aromatic heterocycles. The minimum atomic E-state index is -0.435. The third kappa shape index (κ3) is 2.89. The van der Waals surface area contributed by atoms with Crippen molar-refractivity contribution in [2.45, 2.75) is 6.54 Å². The second-order valence-electron chi connectivity index (χ2n) is 3.66. The molecule has 2 aromatic rings. The lowest BCUT2D eigenvalue weighted by molar-refractivity contribution is 0.613. The normalized spacial score (nSPS) is 10.4. The summed E-state index contributed by atoms with van der Waals surface area (Å²) in [6.07, 6.45) is 0. The van der Waals surface area contributed by atoms with E-state index < -0.39 is 5.82 Å². The van der Waals surface area contributed by atoms with E-state index in [4.69, 9.17) is 34.8 Å². The summed E-state index contributed by atoms with van der Waals surface area (Å²) in [6, 6.07) is 10.0. The third-order valence-corrected chi connectivity index (χ3v) is 3.37. The van der Waals surface area contributed by atoms with E-state index in [9.17, 15) is 4.39 Å². The molecule has 1 N–H and O–H groups in total. The molecule has 18 heavy (non-hydrogen) atoms. The van der Waals surface area contributed by atoms with E-state index >= 15 is 0 Å². The van der Waals surface area contributed by atoms with Crippen LogP contribution in [0.5, 0.6) is 0 Å². The van der Waals surface area contributed by atoms with Gasteiger partial charge in [0.25, 0.3) is 0 Å². The minimum Gasteiger partial charge on any atom is -0.378 e. The van der Waals surface area contributed by atoms with Crippen molar-refractivity contribution in [3.8, 4) is 0 Å². The van der Waals surface area contributed by atoms with Gasteiger partial charge < -0.3 is 5.32 Å². The third-order valence-electron chi connectivity index (χ3n) is 2.45. The molecule has 0 heterocycles. The first-order valence-corrected chi connectivity index (χ1v) is 6.33. The topological polar surface area (TPSA) is 12.0 Å². The van der Waals surface area contributed by atoms with Crippen molar-refractivity contribution in [1.29, 1.82) is 0 Å². The number of rotatable bonds is 3. The zero-order valence-corrected chi connectivity index (χ0v) is 11.5. The summed E-state index contributed by atoms with van der Waals surface area (Å²) in [5.41, 5.74) is 1.04. The zero-order valence-electron chi connectivity index (χ0n) is 9.18. The fourth-order valence-corrected chi connectivity index (χ4v) is 2.26. The van der Waals surface area contributed by atoms with Crippen LogP contribution in [-0.2, 0) is 6.54 Å². The van der Waals surface area contributed by atoms with Crippen molar-refractivity contribution in [2.75, 3.05) is 5.32 Å². The SMILES string of the molecule is Fc1c(Cl)cccc1CNc1c(Cl)cccc1Cl. The van der Waals surface area contributed by atoms with E-state index in [2.05, 4.69) is 5.32 Å². The highest BCUT2D eigenvalue weighted by Crippen LogP contribution is 2.30. The van der Waals surface area contributed by atoms with Crippen LogP contribution in [-0.4, -0.2) is 0 Å². The molecular formula is C13H9Cl3FN. The molecular weight excluding hydrogens is 296 g/mol. The molecule has 0 spiro atoms. The van der Waals surface area contributed by atoms with Gasteiger partial charge in [-0.2, -0.15) is 0 Å². The summed E-state index contributed by atoms with van der Waals surface area (Å²) >= 11 is 17.7. The van der Waals surface area contributed by atoms with E-state index in [0.717, 1.165) is 0 Å². The van der Waals surface area contributed by atoms with Gasteiger partial charge in [0.05, 0.1) is 20.8 Å². The standard InChI is InChI=1S/C13H9Cl3FN/c14-9-4-1-3-8(12(9)17)7-18-13-10(15)5-2-6-11(13)16/h1-6,18H,7H2. The van der Waals surface area contributed by atoms with Gasteiger partial charge in [-0.25, -0.2) is 4.39 Å². The van der Waals surface area contributed by atoms with E-state index in [1.807, 2.05) is 0 Å². The molecule has 5 heteroatoms. The Kier molecular flexibility index (Phi) is 4.33. The van der Waals surface area contributed by atoms with E-state index in [-0.39, 0.29) is 11.6 Å².